The van der Waals surface area contributed by atoms with E-state index in [-0.39, 0.29) is 18.6 Å². The molecule has 0 saturated carbocycles. The highest BCUT2D eigenvalue weighted by Gasteiger charge is 2.30. The van der Waals surface area contributed by atoms with Gasteiger partial charge in [-0.25, -0.2) is 9.78 Å². The molecule has 4 atom stereocenters. The molecule has 2 rings (SSSR count). The van der Waals surface area contributed by atoms with Gasteiger partial charge in [0.2, 0.25) is 17.7 Å². The van der Waals surface area contributed by atoms with Gasteiger partial charge < -0.3 is 42.0 Å². The fourth-order valence-electron chi connectivity index (χ4n) is 2.94. The van der Waals surface area contributed by atoms with Crippen molar-refractivity contribution >= 4 is 23.7 Å². The summed E-state index contributed by atoms with van der Waals surface area (Å²) in [7, 11) is 0. The normalized spacial score (nSPS) is 14.3. The number of aromatic hydroxyl groups is 1. The molecule has 1 aromatic heterocycles. The Morgan fingerprint density at radius 1 is 0.971 bits per heavy atom. The summed E-state index contributed by atoms with van der Waals surface area (Å²) in [6, 6.07) is 1.03. The Bertz CT molecular complexity index is 978. The fraction of sp³-hybridized carbons (Fsp3) is 0.381. The Morgan fingerprint density at radius 2 is 1.56 bits per heavy atom. The number of carboxylic acid groups (broad SMARTS) is 1. The number of aliphatic hydroxyl groups is 1. The first-order chi connectivity index (χ1) is 16.1. The zero-order chi connectivity index (χ0) is 25.3. The molecule has 0 saturated heterocycles. The van der Waals surface area contributed by atoms with Crippen molar-refractivity contribution in [2.24, 2.45) is 5.73 Å². The Morgan fingerprint density at radius 3 is 2.09 bits per heavy atom. The number of hydrogen-bond donors (Lipinski definition) is 8. The SMILES string of the molecule is CC(N)C(=O)NC(Cc1ccc(O)cc1)C(=O)NC(CO)C(=O)NC(Cc1cnc[nH]1)C(=O)O. The highest BCUT2D eigenvalue weighted by atomic mass is 16.4. The molecule has 0 aliphatic heterocycles. The highest BCUT2D eigenvalue weighted by Crippen LogP contribution is 2.12. The molecule has 0 radical (unpaired) electrons. The second-order valence-corrected chi connectivity index (χ2v) is 7.64. The number of carbonyl (C=O) groups excluding carboxylic acids is 3. The van der Waals surface area contributed by atoms with Gasteiger partial charge in [0.25, 0.3) is 0 Å². The highest BCUT2D eigenvalue weighted by molar-refractivity contribution is 5.94. The number of phenols is 1. The van der Waals surface area contributed by atoms with Crippen LogP contribution < -0.4 is 21.7 Å². The van der Waals surface area contributed by atoms with Crippen LogP contribution in [0.1, 0.15) is 18.2 Å². The monoisotopic (exact) mass is 476 g/mol. The van der Waals surface area contributed by atoms with Crippen LogP contribution in [0.15, 0.2) is 36.8 Å². The van der Waals surface area contributed by atoms with E-state index < -0.39 is 54.5 Å². The molecule has 0 spiro atoms. The number of aromatic nitrogens is 2. The van der Waals surface area contributed by atoms with E-state index in [1.165, 1.54) is 31.6 Å². The van der Waals surface area contributed by atoms with Gasteiger partial charge in [-0.15, -0.1) is 0 Å². The van der Waals surface area contributed by atoms with Gasteiger partial charge in [0, 0.05) is 24.7 Å². The third-order valence-corrected chi connectivity index (χ3v) is 4.83. The zero-order valence-electron chi connectivity index (χ0n) is 18.4. The number of benzene rings is 1. The molecule has 3 amide bonds. The summed E-state index contributed by atoms with van der Waals surface area (Å²) in [5.41, 5.74) is 6.63. The Labute approximate surface area is 194 Å². The van der Waals surface area contributed by atoms with Crippen molar-refractivity contribution < 1.29 is 34.5 Å². The van der Waals surface area contributed by atoms with Gasteiger partial charge >= 0.3 is 5.97 Å². The Hall–Kier alpha value is -3.97. The van der Waals surface area contributed by atoms with Crippen molar-refractivity contribution in [2.45, 2.75) is 43.9 Å². The van der Waals surface area contributed by atoms with Crippen LogP contribution in [-0.4, -0.2) is 79.8 Å². The van der Waals surface area contributed by atoms with Gasteiger partial charge in [0.1, 0.15) is 23.9 Å². The molecular formula is C21H28N6O7. The van der Waals surface area contributed by atoms with Crippen molar-refractivity contribution in [3.05, 3.63) is 48.0 Å². The number of phenolic OH excluding ortho intramolecular Hbond substituents is 1. The number of hydrogen-bond acceptors (Lipinski definition) is 8. The Kier molecular flexibility index (Phi) is 9.52. The van der Waals surface area contributed by atoms with Crippen molar-refractivity contribution in [3.63, 3.8) is 0 Å². The van der Waals surface area contributed by atoms with Crippen LogP contribution in [0.25, 0.3) is 0 Å². The fourth-order valence-corrected chi connectivity index (χ4v) is 2.94. The van der Waals surface area contributed by atoms with Crippen molar-refractivity contribution in [2.75, 3.05) is 6.61 Å². The first-order valence-corrected chi connectivity index (χ1v) is 10.4. The van der Waals surface area contributed by atoms with Crippen LogP contribution >= 0.6 is 0 Å². The number of H-pyrrole nitrogens is 1. The summed E-state index contributed by atoms with van der Waals surface area (Å²) in [4.78, 5) is 55.6. The summed E-state index contributed by atoms with van der Waals surface area (Å²) in [6.07, 6.45) is 2.67. The number of carboxylic acids is 1. The van der Waals surface area contributed by atoms with Crippen LogP contribution in [-0.2, 0) is 32.0 Å². The first-order valence-electron chi connectivity index (χ1n) is 10.4. The summed E-state index contributed by atoms with van der Waals surface area (Å²) in [5, 5.41) is 35.6. The van der Waals surface area contributed by atoms with E-state index in [0.29, 0.717) is 11.3 Å². The van der Waals surface area contributed by atoms with Gasteiger partial charge in [-0.2, -0.15) is 0 Å². The van der Waals surface area contributed by atoms with E-state index in [0.717, 1.165) is 0 Å². The average molecular weight is 476 g/mol. The molecule has 4 unspecified atom stereocenters. The largest absolute Gasteiger partial charge is 0.508 e. The number of imidazole rings is 1. The van der Waals surface area contributed by atoms with Crippen LogP contribution in [0.3, 0.4) is 0 Å². The van der Waals surface area contributed by atoms with Gasteiger partial charge in [0.15, 0.2) is 0 Å². The minimum atomic E-state index is -1.48. The smallest absolute Gasteiger partial charge is 0.326 e. The molecular weight excluding hydrogens is 448 g/mol. The van der Waals surface area contributed by atoms with E-state index in [4.69, 9.17) is 5.73 Å². The number of aromatic amines is 1. The van der Waals surface area contributed by atoms with Gasteiger partial charge in [-0.05, 0) is 24.6 Å². The Balaban J connectivity index is 2.11. The lowest BCUT2D eigenvalue weighted by Crippen LogP contribution is -2.58. The third kappa shape index (κ3) is 7.86. The minimum Gasteiger partial charge on any atom is -0.508 e. The molecule has 13 nitrogen and oxygen atoms in total. The topological polar surface area (TPSA) is 220 Å². The van der Waals surface area contributed by atoms with Crippen molar-refractivity contribution in [1.29, 1.82) is 0 Å². The summed E-state index contributed by atoms with van der Waals surface area (Å²) in [6.45, 7) is 0.613. The quantitative estimate of drug-likeness (QED) is 0.166. The maximum absolute atomic E-state index is 12.9. The maximum atomic E-state index is 12.9. The van der Waals surface area contributed by atoms with E-state index >= 15 is 0 Å². The van der Waals surface area contributed by atoms with Crippen LogP contribution in [0, 0.1) is 0 Å². The molecule has 2 aromatic rings. The molecule has 9 N–H and O–H groups in total. The number of amides is 3. The molecule has 0 aliphatic rings. The standard InChI is InChI=1S/C21H28N6O7/c1-11(22)18(30)25-15(6-12-2-4-14(29)5-3-12)19(31)27-17(9-28)20(32)26-16(21(33)34)7-13-8-23-10-24-13/h2-5,8,10-11,15-17,28-29H,6-7,9,22H2,1H3,(H,23,24)(H,25,30)(H,26,32)(H,27,31)(H,33,34). The number of carbonyl (C=O) groups is 4. The third-order valence-electron chi connectivity index (χ3n) is 4.83. The van der Waals surface area contributed by atoms with E-state index in [2.05, 4.69) is 25.9 Å². The van der Waals surface area contributed by atoms with E-state index in [1.807, 2.05) is 0 Å². The average Bonchev–Trinajstić information content (AvgIpc) is 3.30. The van der Waals surface area contributed by atoms with Crippen LogP contribution in [0.5, 0.6) is 5.75 Å². The maximum Gasteiger partial charge on any atom is 0.326 e. The lowest BCUT2D eigenvalue weighted by Gasteiger charge is -2.24. The van der Waals surface area contributed by atoms with E-state index in [9.17, 15) is 34.5 Å². The summed E-state index contributed by atoms with van der Waals surface area (Å²) < 4.78 is 0. The number of aliphatic carboxylic acids is 1. The lowest BCUT2D eigenvalue weighted by atomic mass is 10.0. The second-order valence-electron chi connectivity index (χ2n) is 7.64. The molecule has 1 aromatic carbocycles. The predicted octanol–water partition coefficient (Wildman–Crippen LogP) is -2.22. The van der Waals surface area contributed by atoms with Crippen LogP contribution in [0.4, 0.5) is 0 Å². The van der Waals surface area contributed by atoms with Crippen molar-refractivity contribution in [3.8, 4) is 5.75 Å². The van der Waals surface area contributed by atoms with Gasteiger partial charge in [-0.1, -0.05) is 12.1 Å². The molecule has 0 bridgehead atoms. The number of nitrogens with one attached hydrogen (secondary N) is 4. The van der Waals surface area contributed by atoms with Gasteiger partial charge in [0.05, 0.1) is 19.0 Å². The predicted molar refractivity (Wildman–Crippen MR) is 118 cm³/mol. The van der Waals surface area contributed by atoms with Crippen molar-refractivity contribution in [1.82, 2.24) is 25.9 Å². The second kappa shape index (κ2) is 12.3. The summed E-state index contributed by atoms with van der Waals surface area (Å²) in [5.74, 6) is -3.64. The zero-order valence-corrected chi connectivity index (χ0v) is 18.4. The molecule has 0 fully saturated rings. The number of nitrogens with two attached hydrogens (primary N) is 1. The number of rotatable bonds is 12. The van der Waals surface area contributed by atoms with E-state index in [1.54, 1.807) is 12.1 Å². The lowest BCUT2D eigenvalue weighted by molar-refractivity contribution is -0.142. The number of nitrogens with zero attached hydrogens (tertiary/aromatic N) is 1. The summed E-state index contributed by atoms with van der Waals surface area (Å²) >= 11 is 0. The van der Waals surface area contributed by atoms with Crippen LogP contribution in [0.2, 0.25) is 0 Å². The molecule has 0 aliphatic carbocycles. The first kappa shape index (κ1) is 26.3. The number of aliphatic hydroxyl groups excluding tert-OH is 1. The van der Waals surface area contributed by atoms with Gasteiger partial charge in [-0.3, -0.25) is 14.4 Å². The minimum absolute atomic E-state index is 0.00190. The molecule has 1 heterocycles. The molecule has 13 heteroatoms. The molecule has 34 heavy (non-hydrogen) atoms. The molecule has 184 valence electrons.